The van der Waals surface area contributed by atoms with Crippen LogP contribution in [0.3, 0.4) is 0 Å². The Labute approximate surface area is 167 Å². The SMILES string of the molecule is COc1cccc(C=NNc2ncnc3c4c(OC)cccc4n(C)c23)c1OC. The van der Waals surface area contributed by atoms with E-state index in [-0.39, 0.29) is 0 Å². The van der Waals surface area contributed by atoms with E-state index in [9.17, 15) is 0 Å². The van der Waals surface area contributed by atoms with Gasteiger partial charge in [0.2, 0.25) is 0 Å². The number of hydrogen-bond acceptors (Lipinski definition) is 7. The van der Waals surface area contributed by atoms with Crippen LogP contribution in [0.15, 0.2) is 47.8 Å². The molecule has 0 bridgehead atoms. The number of fused-ring (bicyclic) bond motifs is 3. The van der Waals surface area contributed by atoms with Gasteiger partial charge in [-0.1, -0.05) is 12.1 Å². The molecule has 0 saturated heterocycles. The largest absolute Gasteiger partial charge is 0.496 e. The first-order valence-electron chi connectivity index (χ1n) is 8.95. The number of hydrogen-bond donors (Lipinski definition) is 1. The van der Waals surface area contributed by atoms with Crippen LogP contribution in [-0.4, -0.2) is 42.1 Å². The van der Waals surface area contributed by atoms with Crippen LogP contribution in [-0.2, 0) is 7.05 Å². The Morgan fingerprint density at radius 2 is 1.72 bits per heavy atom. The molecule has 29 heavy (non-hydrogen) atoms. The number of benzene rings is 2. The Morgan fingerprint density at radius 3 is 2.48 bits per heavy atom. The lowest BCUT2D eigenvalue weighted by molar-refractivity contribution is 0.354. The van der Waals surface area contributed by atoms with E-state index in [1.165, 1.54) is 6.33 Å². The number of para-hydroxylation sites is 1. The number of ether oxygens (including phenoxy) is 3. The molecular formula is C21H21N5O3. The molecule has 148 valence electrons. The number of hydrazone groups is 1. The van der Waals surface area contributed by atoms with Crippen LogP contribution in [0.1, 0.15) is 5.56 Å². The van der Waals surface area contributed by atoms with Crippen molar-refractivity contribution >= 4 is 34.0 Å². The van der Waals surface area contributed by atoms with Gasteiger partial charge < -0.3 is 18.8 Å². The molecule has 4 aromatic rings. The molecular weight excluding hydrogens is 370 g/mol. The zero-order chi connectivity index (χ0) is 20.4. The fourth-order valence-electron chi connectivity index (χ4n) is 3.47. The van der Waals surface area contributed by atoms with Crippen LogP contribution < -0.4 is 19.6 Å². The van der Waals surface area contributed by atoms with E-state index < -0.39 is 0 Å². The lowest BCUT2D eigenvalue weighted by Gasteiger charge is -2.09. The molecule has 2 heterocycles. The summed E-state index contributed by atoms with van der Waals surface area (Å²) in [5.74, 6) is 2.61. The van der Waals surface area contributed by atoms with Gasteiger partial charge in [0, 0.05) is 12.6 Å². The molecule has 0 spiro atoms. The quantitative estimate of drug-likeness (QED) is 0.399. The first kappa shape index (κ1) is 18.5. The van der Waals surface area contributed by atoms with E-state index >= 15 is 0 Å². The molecule has 1 N–H and O–H groups in total. The maximum atomic E-state index is 5.53. The number of nitrogens with zero attached hydrogens (tertiary/aromatic N) is 4. The summed E-state index contributed by atoms with van der Waals surface area (Å²) in [6.45, 7) is 0. The van der Waals surface area contributed by atoms with Crippen LogP contribution in [0.2, 0.25) is 0 Å². The second-order valence-corrected chi connectivity index (χ2v) is 6.29. The molecule has 4 rings (SSSR count). The van der Waals surface area contributed by atoms with E-state index in [1.54, 1.807) is 27.5 Å². The van der Waals surface area contributed by atoms with Gasteiger partial charge >= 0.3 is 0 Å². The van der Waals surface area contributed by atoms with Gasteiger partial charge in [0.1, 0.15) is 23.1 Å². The van der Waals surface area contributed by atoms with Crippen molar-refractivity contribution in [3.63, 3.8) is 0 Å². The molecule has 0 aliphatic rings. The van der Waals surface area contributed by atoms with Crippen LogP contribution in [0.4, 0.5) is 5.82 Å². The summed E-state index contributed by atoms with van der Waals surface area (Å²) in [6.07, 6.45) is 3.18. The predicted molar refractivity (Wildman–Crippen MR) is 113 cm³/mol. The highest BCUT2D eigenvalue weighted by Crippen LogP contribution is 2.36. The number of aryl methyl sites for hydroxylation is 1. The van der Waals surface area contributed by atoms with Crippen LogP contribution in [0.5, 0.6) is 17.2 Å². The van der Waals surface area contributed by atoms with Crippen molar-refractivity contribution in [1.29, 1.82) is 0 Å². The smallest absolute Gasteiger partial charge is 0.174 e. The molecule has 2 aromatic heterocycles. The van der Waals surface area contributed by atoms with Crippen molar-refractivity contribution in [3.05, 3.63) is 48.3 Å². The summed E-state index contributed by atoms with van der Waals surface area (Å²) in [6, 6.07) is 11.5. The third-order valence-corrected chi connectivity index (χ3v) is 4.79. The average molecular weight is 391 g/mol. The topological polar surface area (TPSA) is 82.8 Å². The second-order valence-electron chi connectivity index (χ2n) is 6.29. The number of anilines is 1. The molecule has 0 fully saturated rings. The second kappa shape index (κ2) is 7.67. The third-order valence-electron chi connectivity index (χ3n) is 4.79. The summed E-state index contributed by atoms with van der Waals surface area (Å²) in [5.41, 5.74) is 6.44. The summed E-state index contributed by atoms with van der Waals surface area (Å²) >= 11 is 0. The van der Waals surface area contributed by atoms with Crippen LogP contribution in [0, 0.1) is 0 Å². The first-order valence-corrected chi connectivity index (χ1v) is 8.95. The summed E-state index contributed by atoms with van der Waals surface area (Å²) in [4.78, 5) is 8.85. The highest BCUT2D eigenvalue weighted by Gasteiger charge is 2.17. The highest BCUT2D eigenvalue weighted by atomic mass is 16.5. The maximum Gasteiger partial charge on any atom is 0.174 e. The molecule has 8 heteroatoms. The molecule has 8 nitrogen and oxygen atoms in total. The minimum atomic E-state index is 0.592. The van der Waals surface area contributed by atoms with Gasteiger partial charge in [0.25, 0.3) is 0 Å². The Bertz CT molecular complexity index is 1220. The monoisotopic (exact) mass is 391 g/mol. The molecule has 2 aromatic carbocycles. The van der Waals surface area contributed by atoms with Crippen LogP contribution in [0.25, 0.3) is 21.9 Å². The van der Waals surface area contributed by atoms with E-state index in [1.807, 2.05) is 48.0 Å². The van der Waals surface area contributed by atoms with Gasteiger partial charge in [-0.2, -0.15) is 5.10 Å². The van der Waals surface area contributed by atoms with E-state index in [4.69, 9.17) is 14.2 Å². The molecule has 0 saturated carbocycles. The fourth-order valence-corrected chi connectivity index (χ4v) is 3.47. The van der Waals surface area contributed by atoms with Crippen molar-refractivity contribution in [2.24, 2.45) is 12.1 Å². The normalized spacial score (nSPS) is 11.3. The molecule has 0 unspecified atom stereocenters. The van der Waals surface area contributed by atoms with Crippen molar-refractivity contribution in [2.45, 2.75) is 0 Å². The molecule has 0 aliphatic carbocycles. The summed E-state index contributed by atoms with van der Waals surface area (Å²) in [5, 5.41) is 5.30. The number of nitrogens with one attached hydrogen (secondary N) is 1. The fraction of sp³-hybridized carbons (Fsp3) is 0.190. The van der Waals surface area contributed by atoms with Gasteiger partial charge in [-0.05, 0) is 24.3 Å². The van der Waals surface area contributed by atoms with Crippen molar-refractivity contribution in [1.82, 2.24) is 14.5 Å². The van der Waals surface area contributed by atoms with Gasteiger partial charge in [-0.3, -0.25) is 5.43 Å². The van der Waals surface area contributed by atoms with Crippen molar-refractivity contribution < 1.29 is 14.2 Å². The predicted octanol–water partition coefficient (Wildman–Crippen LogP) is 3.59. The van der Waals surface area contributed by atoms with E-state index in [0.717, 1.165) is 33.2 Å². The van der Waals surface area contributed by atoms with Gasteiger partial charge in [0.05, 0.1) is 38.4 Å². The number of rotatable bonds is 6. The zero-order valence-corrected chi connectivity index (χ0v) is 16.6. The minimum absolute atomic E-state index is 0.592. The minimum Gasteiger partial charge on any atom is -0.496 e. The van der Waals surface area contributed by atoms with Crippen molar-refractivity contribution in [3.8, 4) is 17.2 Å². The van der Waals surface area contributed by atoms with E-state index in [0.29, 0.717) is 17.3 Å². The molecule has 0 aliphatic heterocycles. The Balaban J connectivity index is 1.76. The number of methoxy groups -OCH3 is 3. The molecule has 0 radical (unpaired) electrons. The van der Waals surface area contributed by atoms with Gasteiger partial charge in [0.15, 0.2) is 17.3 Å². The molecule has 0 amide bonds. The third kappa shape index (κ3) is 3.08. The number of aromatic nitrogens is 3. The molecule has 0 atom stereocenters. The van der Waals surface area contributed by atoms with Crippen molar-refractivity contribution in [2.75, 3.05) is 26.8 Å². The maximum absolute atomic E-state index is 5.53. The Hall–Kier alpha value is -3.81. The Kier molecular flexibility index (Phi) is 4.90. The Morgan fingerprint density at radius 1 is 0.966 bits per heavy atom. The van der Waals surface area contributed by atoms with Gasteiger partial charge in [-0.25, -0.2) is 9.97 Å². The lowest BCUT2D eigenvalue weighted by Crippen LogP contribution is -2.00. The first-order chi connectivity index (χ1) is 14.2. The highest BCUT2D eigenvalue weighted by molar-refractivity contribution is 6.11. The van der Waals surface area contributed by atoms with Crippen LogP contribution >= 0.6 is 0 Å². The summed E-state index contributed by atoms with van der Waals surface area (Å²) < 4.78 is 18.3. The lowest BCUT2D eigenvalue weighted by atomic mass is 10.2. The van der Waals surface area contributed by atoms with Gasteiger partial charge in [-0.15, -0.1) is 0 Å². The summed E-state index contributed by atoms with van der Waals surface area (Å²) in [7, 11) is 6.82. The average Bonchev–Trinajstić information content (AvgIpc) is 3.06. The zero-order valence-electron chi connectivity index (χ0n) is 16.6. The van der Waals surface area contributed by atoms with E-state index in [2.05, 4.69) is 20.5 Å². The standard InChI is InChI=1S/C21H21N5O3/c1-26-14-8-6-9-15(27-2)17(14)18-19(26)21(23-12-22-18)25-24-11-13-7-5-10-16(28-3)20(13)29-4/h5-12H,1-4H3,(H,22,23,25).